The zero-order chi connectivity index (χ0) is 13.2. The molecule has 1 N–H and O–H groups in total. The van der Waals surface area contributed by atoms with Gasteiger partial charge < -0.3 is 5.32 Å². The zero-order valence-corrected chi connectivity index (χ0v) is 12.4. The number of fused-ring (bicyclic) bond motifs is 1. The van der Waals surface area contributed by atoms with E-state index in [0.29, 0.717) is 5.92 Å². The average Bonchev–Trinajstić information content (AvgIpc) is 2.47. The Bertz CT molecular complexity index is 429. The van der Waals surface area contributed by atoms with Crippen molar-refractivity contribution in [2.24, 2.45) is 11.8 Å². The third-order valence-electron chi connectivity index (χ3n) is 5.15. The normalized spacial score (nSPS) is 24.1. The van der Waals surface area contributed by atoms with E-state index in [2.05, 4.69) is 37.4 Å². The van der Waals surface area contributed by atoms with E-state index in [1.54, 1.807) is 5.56 Å². The first kappa shape index (κ1) is 13.0. The minimum absolute atomic E-state index is 0.639. The molecule has 1 aromatic carbocycles. The van der Waals surface area contributed by atoms with Gasteiger partial charge in [0.15, 0.2) is 0 Å². The van der Waals surface area contributed by atoms with Gasteiger partial charge in [0, 0.05) is 12.2 Å². The molecule has 1 fully saturated rings. The van der Waals surface area contributed by atoms with Crippen molar-refractivity contribution in [1.29, 1.82) is 0 Å². The van der Waals surface area contributed by atoms with Crippen molar-refractivity contribution < 1.29 is 0 Å². The Hall–Kier alpha value is -0.980. The van der Waals surface area contributed by atoms with Gasteiger partial charge in [0.05, 0.1) is 0 Å². The quantitative estimate of drug-likeness (QED) is 0.788. The highest BCUT2D eigenvalue weighted by Crippen LogP contribution is 2.36. The number of anilines is 1. The van der Waals surface area contributed by atoms with E-state index < -0.39 is 0 Å². The van der Waals surface area contributed by atoms with E-state index in [-0.39, 0.29) is 0 Å². The van der Waals surface area contributed by atoms with E-state index >= 15 is 0 Å². The minimum atomic E-state index is 0.639. The van der Waals surface area contributed by atoms with Crippen molar-refractivity contribution in [1.82, 2.24) is 0 Å². The van der Waals surface area contributed by atoms with Crippen LogP contribution in [-0.4, -0.2) is 6.54 Å². The smallest absolute Gasteiger partial charge is 0.0373 e. The maximum Gasteiger partial charge on any atom is 0.0373 e. The highest BCUT2D eigenvalue weighted by Gasteiger charge is 2.27. The zero-order valence-electron chi connectivity index (χ0n) is 12.4. The molecule has 1 aromatic rings. The molecule has 1 aliphatic heterocycles. The Balaban J connectivity index is 1.76. The first-order valence-corrected chi connectivity index (χ1v) is 8.10. The lowest BCUT2D eigenvalue weighted by atomic mass is 9.75. The lowest BCUT2D eigenvalue weighted by Gasteiger charge is -2.35. The van der Waals surface area contributed by atoms with Crippen LogP contribution in [0.4, 0.5) is 5.69 Å². The first-order valence-electron chi connectivity index (χ1n) is 8.10. The van der Waals surface area contributed by atoms with Crippen molar-refractivity contribution in [3.63, 3.8) is 0 Å². The van der Waals surface area contributed by atoms with Gasteiger partial charge in [-0.1, -0.05) is 58.1 Å². The molecule has 2 aliphatic rings. The van der Waals surface area contributed by atoms with Gasteiger partial charge in [-0.2, -0.15) is 0 Å². The molecule has 3 rings (SSSR count). The number of benzene rings is 1. The second-order valence-electron chi connectivity index (χ2n) is 6.81. The van der Waals surface area contributed by atoms with Crippen LogP contribution in [0.5, 0.6) is 0 Å². The molecule has 104 valence electrons. The highest BCUT2D eigenvalue weighted by atomic mass is 14.9. The molecule has 0 aromatic heterocycles. The Morgan fingerprint density at radius 1 is 1.05 bits per heavy atom. The molecule has 1 saturated carbocycles. The predicted octanol–water partition coefficient (Wildman–Crippen LogP) is 4.97. The van der Waals surface area contributed by atoms with Crippen LogP contribution < -0.4 is 5.32 Å². The molecule has 1 nitrogen and oxygen atoms in total. The van der Waals surface area contributed by atoms with E-state index in [4.69, 9.17) is 0 Å². The Morgan fingerprint density at radius 3 is 2.58 bits per heavy atom. The van der Waals surface area contributed by atoms with Gasteiger partial charge in [-0.15, -0.1) is 0 Å². The van der Waals surface area contributed by atoms with Crippen LogP contribution in [0, 0.1) is 11.8 Å². The summed E-state index contributed by atoms with van der Waals surface area (Å²) in [6.45, 7) is 5.77. The SMILES string of the molecule is CC(C)c1ccc2c(c1)CC(C1CCCCC1)CN2. The fraction of sp³-hybridized carbons (Fsp3) is 0.667. The van der Waals surface area contributed by atoms with E-state index in [9.17, 15) is 0 Å². The predicted molar refractivity (Wildman–Crippen MR) is 82.8 cm³/mol. The summed E-state index contributed by atoms with van der Waals surface area (Å²) >= 11 is 0. The number of nitrogens with one attached hydrogen (secondary N) is 1. The summed E-state index contributed by atoms with van der Waals surface area (Å²) in [4.78, 5) is 0. The van der Waals surface area contributed by atoms with Gasteiger partial charge in [-0.25, -0.2) is 0 Å². The molecule has 19 heavy (non-hydrogen) atoms. The molecular weight excluding hydrogens is 230 g/mol. The second kappa shape index (κ2) is 5.56. The number of hydrogen-bond donors (Lipinski definition) is 1. The van der Waals surface area contributed by atoms with Crippen LogP contribution in [-0.2, 0) is 6.42 Å². The molecular formula is C18H27N. The minimum Gasteiger partial charge on any atom is -0.385 e. The Labute approximate surface area is 117 Å². The lowest BCUT2D eigenvalue weighted by Crippen LogP contribution is -2.30. The summed E-state index contributed by atoms with van der Waals surface area (Å²) in [6, 6.07) is 7.03. The average molecular weight is 257 g/mol. The fourth-order valence-corrected chi connectivity index (χ4v) is 3.85. The van der Waals surface area contributed by atoms with Crippen LogP contribution >= 0.6 is 0 Å². The second-order valence-corrected chi connectivity index (χ2v) is 6.81. The summed E-state index contributed by atoms with van der Waals surface area (Å²) in [7, 11) is 0. The van der Waals surface area contributed by atoms with Crippen molar-refractivity contribution >= 4 is 5.69 Å². The first-order chi connectivity index (χ1) is 9.24. The van der Waals surface area contributed by atoms with E-state index in [1.165, 1.54) is 56.3 Å². The van der Waals surface area contributed by atoms with Gasteiger partial charge in [0.25, 0.3) is 0 Å². The summed E-state index contributed by atoms with van der Waals surface area (Å²) in [5.74, 6) is 2.48. The van der Waals surface area contributed by atoms with Gasteiger partial charge in [-0.3, -0.25) is 0 Å². The molecule has 0 radical (unpaired) electrons. The largest absolute Gasteiger partial charge is 0.385 e. The number of hydrogen-bond acceptors (Lipinski definition) is 1. The number of rotatable bonds is 2. The van der Waals surface area contributed by atoms with E-state index in [0.717, 1.165) is 11.8 Å². The van der Waals surface area contributed by atoms with Gasteiger partial charge in [-0.05, 0) is 41.4 Å². The molecule has 0 bridgehead atoms. The molecule has 0 amide bonds. The molecule has 1 heteroatoms. The van der Waals surface area contributed by atoms with Crippen molar-refractivity contribution in [3.05, 3.63) is 29.3 Å². The van der Waals surface area contributed by atoms with Crippen LogP contribution in [0.3, 0.4) is 0 Å². The van der Waals surface area contributed by atoms with Crippen LogP contribution in [0.2, 0.25) is 0 Å². The molecule has 0 spiro atoms. The fourth-order valence-electron chi connectivity index (χ4n) is 3.85. The van der Waals surface area contributed by atoms with Crippen LogP contribution in [0.25, 0.3) is 0 Å². The molecule has 1 heterocycles. The van der Waals surface area contributed by atoms with Crippen LogP contribution in [0.1, 0.15) is 63.0 Å². The summed E-state index contributed by atoms with van der Waals surface area (Å²) in [6.07, 6.45) is 8.61. The highest BCUT2D eigenvalue weighted by molar-refractivity contribution is 5.55. The monoisotopic (exact) mass is 257 g/mol. The van der Waals surface area contributed by atoms with Gasteiger partial charge >= 0.3 is 0 Å². The topological polar surface area (TPSA) is 12.0 Å². The van der Waals surface area contributed by atoms with Crippen LogP contribution in [0.15, 0.2) is 18.2 Å². The van der Waals surface area contributed by atoms with Gasteiger partial charge in [0.1, 0.15) is 0 Å². The molecule has 0 saturated heterocycles. The Morgan fingerprint density at radius 2 is 1.84 bits per heavy atom. The Kier molecular flexibility index (Phi) is 3.81. The standard InChI is InChI=1S/C18H27N/c1-13(2)15-8-9-18-16(10-15)11-17(12-19-18)14-6-4-3-5-7-14/h8-10,13-14,17,19H,3-7,11-12H2,1-2H3. The maximum absolute atomic E-state index is 3.68. The maximum atomic E-state index is 3.68. The van der Waals surface area contributed by atoms with Crippen molar-refractivity contribution in [3.8, 4) is 0 Å². The van der Waals surface area contributed by atoms with E-state index in [1.807, 2.05) is 0 Å². The third-order valence-corrected chi connectivity index (χ3v) is 5.15. The lowest BCUT2D eigenvalue weighted by molar-refractivity contribution is 0.252. The molecule has 1 aliphatic carbocycles. The van der Waals surface area contributed by atoms with Crippen molar-refractivity contribution in [2.45, 2.75) is 58.3 Å². The van der Waals surface area contributed by atoms with Gasteiger partial charge in [0.2, 0.25) is 0 Å². The molecule has 1 unspecified atom stereocenters. The van der Waals surface area contributed by atoms with Crippen molar-refractivity contribution in [2.75, 3.05) is 11.9 Å². The molecule has 1 atom stereocenters. The summed E-state index contributed by atoms with van der Waals surface area (Å²) in [5.41, 5.74) is 4.44. The summed E-state index contributed by atoms with van der Waals surface area (Å²) < 4.78 is 0. The third kappa shape index (κ3) is 2.80. The summed E-state index contributed by atoms with van der Waals surface area (Å²) in [5, 5.41) is 3.68.